The van der Waals surface area contributed by atoms with Gasteiger partial charge < -0.3 is 4.90 Å². The second-order valence-electron chi connectivity index (χ2n) is 6.84. The Kier molecular flexibility index (Phi) is 4.03. The molecule has 3 heterocycles. The minimum atomic E-state index is -0.380. The van der Waals surface area contributed by atoms with E-state index in [0.717, 1.165) is 24.6 Å². The van der Waals surface area contributed by atoms with Gasteiger partial charge in [-0.15, -0.1) is 0 Å². The first-order valence-corrected chi connectivity index (χ1v) is 8.88. The molecule has 6 nitrogen and oxygen atoms in total. The number of hydrogen-bond acceptors (Lipinski definition) is 5. The molecule has 1 atom stereocenters. The van der Waals surface area contributed by atoms with Crippen LogP contribution in [0, 0.1) is 13.8 Å². The summed E-state index contributed by atoms with van der Waals surface area (Å²) in [4.78, 5) is 24.3. The zero-order chi connectivity index (χ0) is 17.4. The molecule has 130 valence electrons. The van der Waals surface area contributed by atoms with Gasteiger partial charge in [-0.3, -0.25) is 14.7 Å². The predicted octanol–water partition coefficient (Wildman–Crippen LogP) is 2.67. The molecule has 6 heteroatoms. The van der Waals surface area contributed by atoms with Crippen LogP contribution in [0.2, 0.25) is 0 Å². The molecule has 1 fully saturated rings. The monoisotopic (exact) mass is 337 g/mol. The molecule has 0 radical (unpaired) electrons. The normalized spacial score (nSPS) is 19.8. The standard InChI is InChI=1S/C19H23N5O/c1-13-6-8-15(9-7-13)17-21-18(23-10-4-3-5-11-23)22-19-20-14(2)12-16(25)24(17)19/h6-9,12,17H,3-5,10-11H2,1-2H3,(H,20,21,22). The molecular formula is C19H23N5O. The summed E-state index contributed by atoms with van der Waals surface area (Å²) in [5.74, 6) is 1.40. The maximum atomic E-state index is 12.6. The van der Waals surface area contributed by atoms with Gasteiger partial charge in [0.2, 0.25) is 11.9 Å². The molecule has 2 aliphatic heterocycles. The number of fused-ring (bicyclic) bond motifs is 1. The Morgan fingerprint density at radius 1 is 1.08 bits per heavy atom. The molecule has 2 aliphatic rings. The van der Waals surface area contributed by atoms with Crippen LogP contribution in [0.3, 0.4) is 0 Å². The van der Waals surface area contributed by atoms with Crippen molar-refractivity contribution in [2.24, 2.45) is 4.99 Å². The number of anilines is 1. The van der Waals surface area contributed by atoms with E-state index in [9.17, 15) is 4.79 Å². The van der Waals surface area contributed by atoms with Crippen LogP contribution < -0.4 is 10.9 Å². The second-order valence-corrected chi connectivity index (χ2v) is 6.84. The van der Waals surface area contributed by atoms with Crippen LogP contribution in [0.5, 0.6) is 0 Å². The molecule has 0 amide bonds. The highest BCUT2D eigenvalue weighted by Gasteiger charge is 2.27. The van der Waals surface area contributed by atoms with Crippen LogP contribution >= 0.6 is 0 Å². The largest absolute Gasteiger partial charge is 0.343 e. The van der Waals surface area contributed by atoms with E-state index in [0.29, 0.717) is 11.6 Å². The van der Waals surface area contributed by atoms with Crippen molar-refractivity contribution in [3.05, 3.63) is 57.5 Å². The van der Waals surface area contributed by atoms with Crippen LogP contribution in [0.4, 0.5) is 5.95 Å². The first-order valence-electron chi connectivity index (χ1n) is 8.88. The number of piperidine rings is 1. The molecule has 1 aromatic heterocycles. The Bertz CT molecular complexity index is 862. The van der Waals surface area contributed by atoms with E-state index in [1.807, 2.05) is 19.1 Å². The topological polar surface area (TPSA) is 62.5 Å². The fourth-order valence-electron chi connectivity index (χ4n) is 3.46. The van der Waals surface area contributed by atoms with Gasteiger partial charge in [-0.05, 0) is 38.7 Å². The zero-order valence-corrected chi connectivity index (χ0v) is 14.7. The predicted molar refractivity (Wildman–Crippen MR) is 99.0 cm³/mol. The van der Waals surface area contributed by atoms with E-state index < -0.39 is 0 Å². The third kappa shape index (κ3) is 3.04. The molecule has 1 unspecified atom stereocenters. The van der Waals surface area contributed by atoms with Crippen molar-refractivity contribution < 1.29 is 0 Å². The maximum Gasteiger partial charge on any atom is 0.257 e. The Labute approximate surface area is 147 Å². The number of likely N-dealkylation sites (tertiary alicyclic amines) is 1. The van der Waals surface area contributed by atoms with Gasteiger partial charge in [-0.25, -0.2) is 9.98 Å². The van der Waals surface area contributed by atoms with E-state index in [2.05, 4.69) is 34.3 Å². The van der Waals surface area contributed by atoms with Crippen molar-refractivity contribution in [1.82, 2.24) is 14.5 Å². The van der Waals surface area contributed by atoms with Gasteiger partial charge in [0.05, 0.1) is 0 Å². The Morgan fingerprint density at radius 2 is 1.80 bits per heavy atom. The van der Waals surface area contributed by atoms with Crippen molar-refractivity contribution in [2.75, 3.05) is 18.4 Å². The molecule has 1 aromatic carbocycles. The number of nitrogens with one attached hydrogen (secondary N) is 1. The molecule has 1 saturated heterocycles. The Balaban J connectivity index is 1.82. The van der Waals surface area contributed by atoms with Crippen LogP contribution in [0.15, 0.2) is 40.1 Å². The molecule has 0 aliphatic carbocycles. The minimum absolute atomic E-state index is 0.0815. The third-order valence-electron chi connectivity index (χ3n) is 4.82. The van der Waals surface area contributed by atoms with Crippen LogP contribution in [0.1, 0.15) is 42.2 Å². The van der Waals surface area contributed by atoms with E-state index in [4.69, 9.17) is 4.99 Å². The van der Waals surface area contributed by atoms with Crippen LogP contribution in [-0.4, -0.2) is 33.5 Å². The fraction of sp³-hybridized carbons (Fsp3) is 0.421. The Hall–Kier alpha value is -2.63. The minimum Gasteiger partial charge on any atom is -0.343 e. The molecule has 0 bridgehead atoms. The summed E-state index contributed by atoms with van der Waals surface area (Å²) in [5, 5.41) is 3.29. The number of hydrogen-bond donors (Lipinski definition) is 1. The highest BCUT2D eigenvalue weighted by atomic mass is 16.1. The molecular weight excluding hydrogens is 314 g/mol. The molecule has 0 saturated carbocycles. The Morgan fingerprint density at radius 3 is 2.52 bits per heavy atom. The van der Waals surface area contributed by atoms with E-state index >= 15 is 0 Å². The summed E-state index contributed by atoms with van der Waals surface area (Å²) in [6.07, 6.45) is 3.22. The summed E-state index contributed by atoms with van der Waals surface area (Å²) < 4.78 is 1.64. The average molecular weight is 337 g/mol. The lowest BCUT2D eigenvalue weighted by molar-refractivity contribution is 0.335. The summed E-state index contributed by atoms with van der Waals surface area (Å²) in [7, 11) is 0. The van der Waals surface area contributed by atoms with Crippen LogP contribution in [-0.2, 0) is 0 Å². The summed E-state index contributed by atoms with van der Waals surface area (Å²) in [5.41, 5.74) is 2.82. The second kappa shape index (κ2) is 6.35. The fourth-order valence-corrected chi connectivity index (χ4v) is 3.46. The lowest BCUT2D eigenvalue weighted by atomic mass is 10.1. The van der Waals surface area contributed by atoms with Crippen molar-refractivity contribution in [2.45, 2.75) is 39.3 Å². The number of aromatic nitrogens is 2. The van der Waals surface area contributed by atoms with Gasteiger partial charge in [0.25, 0.3) is 5.56 Å². The number of benzene rings is 1. The van der Waals surface area contributed by atoms with E-state index in [1.165, 1.54) is 24.8 Å². The molecule has 0 spiro atoms. The van der Waals surface area contributed by atoms with Crippen molar-refractivity contribution in [3.63, 3.8) is 0 Å². The average Bonchev–Trinajstić information content (AvgIpc) is 2.62. The van der Waals surface area contributed by atoms with E-state index in [-0.39, 0.29) is 11.7 Å². The van der Waals surface area contributed by atoms with Crippen molar-refractivity contribution in [1.29, 1.82) is 0 Å². The smallest absolute Gasteiger partial charge is 0.257 e. The number of rotatable bonds is 1. The molecule has 2 aromatic rings. The van der Waals surface area contributed by atoms with Gasteiger partial charge in [-0.2, -0.15) is 0 Å². The van der Waals surface area contributed by atoms with Gasteiger partial charge in [-0.1, -0.05) is 29.8 Å². The van der Waals surface area contributed by atoms with Gasteiger partial charge >= 0.3 is 0 Å². The molecule has 25 heavy (non-hydrogen) atoms. The third-order valence-corrected chi connectivity index (χ3v) is 4.82. The summed E-state index contributed by atoms with van der Waals surface area (Å²) in [6, 6.07) is 9.75. The first kappa shape index (κ1) is 15.9. The zero-order valence-electron chi connectivity index (χ0n) is 14.7. The van der Waals surface area contributed by atoms with Gasteiger partial charge in [0, 0.05) is 24.8 Å². The highest BCUT2D eigenvalue weighted by molar-refractivity contribution is 5.93. The first-order chi connectivity index (χ1) is 12.1. The van der Waals surface area contributed by atoms with Crippen molar-refractivity contribution >= 4 is 11.9 Å². The summed E-state index contributed by atoms with van der Waals surface area (Å²) in [6.45, 7) is 5.88. The SMILES string of the molecule is Cc1ccc(C2N=C(N3CCCCC3)Nc3nc(C)cc(=O)n32)cc1. The van der Waals surface area contributed by atoms with E-state index in [1.54, 1.807) is 10.6 Å². The molecule has 1 N–H and O–H groups in total. The number of aryl methyl sites for hydroxylation is 2. The maximum absolute atomic E-state index is 12.6. The number of aliphatic imine (C=N–C) groups is 1. The molecule has 4 rings (SSSR count). The number of guanidine groups is 1. The van der Waals surface area contributed by atoms with Crippen LogP contribution in [0.25, 0.3) is 0 Å². The summed E-state index contributed by atoms with van der Waals surface area (Å²) >= 11 is 0. The number of nitrogens with zero attached hydrogens (tertiary/aromatic N) is 4. The highest BCUT2D eigenvalue weighted by Crippen LogP contribution is 2.27. The van der Waals surface area contributed by atoms with Gasteiger partial charge in [0.15, 0.2) is 6.17 Å². The quantitative estimate of drug-likeness (QED) is 0.869. The van der Waals surface area contributed by atoms with Crippen molar-refractivity contribution in [3.8, 4) is 0 Å². The lowest BCUT2D eigenvalue weighted by Crippen LogP contribution is -2.45. The van der Waals surface area contributed by atoms with Gasteiger partial charge in [0.1, 0.15) is 0 Å². The lowest BCUT2D eigenvalue weighted by Gasteiger charge is -2.34.